The molecule has 0 unspecified atom stereocenters. The van der Waals surface area contributed by atoms with E-state index in [-0.39, 0.29) is 18.7 Å². The highest BCUT2D eigenvalue weighted by molar-refractivity contribution is 5.89. The van der Waals surface area contributed by atoms with Gasteiger partial charge in [-0.05, 0) is 25.1 Å². The zero-order valence-corrected chi connectivity index (χ0v) is 9.52. The van der Waals surface area contributed by atoms with E-state index in [4.69, 9.17) is 0 Å². The third-order valence-corrected chi connectivity index (χ3v) is 2.14. The van der Waals surface area contributed by atoms with Crippen molar-refractivity contribution in [3.63, 3.8) is 0 Å². The van der Waals surface area contributed by atoms with Gasteiger partial charge in [0, 0.05) is 0 Å². The second-order valence-corrected chi connectivity index (χ2v) is 3.48. The lowest BCUT2D eigenvalue weighted by Crippen LogP contribution is -2.18. The fraction of sp³-hybridized carbons (Fsp3) is 0.364. The number of carbonyl (C=O) groups is 1. The minimum Gasteiger partial charge on any atom is -0.462 e. The van der Waals surface area contributed by atoms with Crippen molar-refractivity contribution in [3.8, 4) is 0 Å². The first-order chi connectivity index (χ1) is 8.57. The molecule has 0 spiro atoms. The van der Waals surface area contributed by atoms with E-state index in [1.165, 1.54) is 6.92 Å². The molecule has 1 rings (SSSR count). The number of halogens is 6. The number of esters is 1. The fourth-order valence-corrected chi connectivity index (χ4v) is 1.37. The summed E-state index contributed by atoms with van der Waals surface area (Å²) in [6.07, 6.45) is -10.4. The van der Waals surface area contributed by atoms with E-state index < -0.39 is 35.0 Å². The van der Waals surface area contributed by atoms with Crippen molar-refractivity contribution in [2.75, 3.05) is 6.61 Å². The Bertz CT molecular complexity index is 475. The predicted octanol–water partition coefficient (Wildman–Crippen LogP) is 3.90. The fourth-order valence-electron chi connectivity index (χ4n) is 1.37. The molecule has 1 aromatic rings. The maximum absolute atomic E-state index is 12.6. The van der Waals surface area contributed by atoms with Gasteiger partial charge in [-0.2, -0.15) is 26.3 Å². The lowest BCUT2D eigenvalue weighted by molar-refractivity contribution is -0.162. The number of hydrogen-bond donors (Lipinski definition) is 0. The van der Waals surface area contributed by atoms with E-state index in [1.54, 1.807) is 0 Å². The lowest BCUT2D eigenvalue weighted by Gasteiger charge is -2.16. The highest BCUT2D eigenvalue weighted by Gasteiger charge is 2.43. The van der Waals surface area contributed by atoms with Crippen LogP contribution in [-0.2, 0) is 17.1 Å². The standard InChI is InChI=1S/C11H8F6O2/c1-2-19-9(18)6-3-4-7(10(12,13)14)8(5-6)11(15,16)17/h3-5H,2H2,1H3. The van der Waals surface area contributed by atoms with E-state index in [1.807, 2.05) is 0 Å². The number of benzene rings is 1. The van der Waals surface area contributed by atoms with Gasteiger partial charge < -0.3 is 4.74 Å². The molecule has 0 saturated heterocycles. The molecule has 0 bridgehead atoms. The third-order valence-electron chi connectivity index (χ3n) is 2.14. The number of carbonyl (C=O) groups excluding carboxylic acids is 1. The number of ether oxygens (including phenoxy) is 1. The normalized spacial score (nSPS) is 12.4. The van der Waals surface area contributed by atoms with Gasteiger partial charge in [-0.3, -0.25) is 0 Å². The van der Waals surface area contributed by atoms with E-state index in [9.17, 15) is 31.1 Å². The van der Waals surface area contributed by atoms with Crippen LogP contribution in [0.1, 0.15) is 28.4 Å². The topological polar surface area (TPSA) is 26.3 Å². The first-order valence-corrected chi connectivity index (χ1v) is 5.03. The smallest absolute Gasteiger partial charge is 0.417 e. The molecule has 8 heteroatoms. The van der Waals surface area contributed by atoms with Gasteiger partial charge >= 0.3 is 18.3 Å². The van der Waals surface area contributed by atoms with Crippen LogP contribution < -0.4 is 0 Å². The summed E-state index contributed by atoms with van der Waals surface area (Å²) in [4.78, 5) is 11.2. The van der Waals surface area contributed by atoms with E-state index >= 15 is 0 Å². The maximum atomic E-state index is 12.6. The molecular formula is C11H8F6O2. The molecule has 19 heavy (non-hydrogen) atoms. The average molecular weight is 286 g/mol. The first kappa shape index (κ1) is 15.3. The van der Waals surface area contributed by atoms with Gasteiger partial charge in [0.25, 0.3) is 0 Å². The van der Waals surface area contributed by atoms with Gasteiger partial charge in [0.1, 0.15) is 0 Å². The molecule has 0 radical (unpaired) electrons. The van der Waals surface area contributed by atoms with Gasteiger partial charge in [0.05, 0.1) is 23.3 Å². The Kier molecular flexibility index (Phi) is 4.12. The summed E-state index contributed by atoms with van der Waals surface area (Å²) in [7, 11) is 0. The van der Waals surface area contributed by atoms with Crippen molar-refractivity contribution in [2.24, 2.45) is 0 Å². The Hall–Kier alpha value is -1.73. The molecule has 0 aliphatic carbocycles. The second-order valence-electron chi connectivity index (χ2n) is 3.48. The van der Waals surface area contributed by atoms with Crippen molar-refractivity contribution >= 4 is 5.97 Å². The zero-order valence-electron chi connectivity index (χ0n) is 9.52. The van der Waals surface area contributed by atoms with Crippen LogP contribution in [0, 0.1) is 0 Å². The van der Waals surface area contributed by atoms with Gasteiger partial charge in [-0.25, -0.2) is 4.79 Å². The Morgan fingerprint density at radius 3 is 2.00 bits per heavy atom. The average Bonchev–Trinajstić information content (AvgIpc) is 2.26. The molecule has 0 fully saturated rings. The molecule has 0 aliphatic rings. The molecule has 0 saturated carbocycles. The molecule has 1 aromatic carbocycles. The van der Waals surface area contributed by atoms with Crippen molar-refractivity contribution in [3.05, 3.63) is 34.9 Å². The van der Waals surface area contributed by atoms with Gasteiger partial charge in [0.2, 0.25) is 0 Å². The molecule has 0 heterocycles. The van der Waals surface area contributed by atoms with Crippen LogP contribution >= 0.6 is 0 Å². The summed E-state index contributed by atoms with van der Waals surface area (Å²) < 4.78 is 79.4. The second kappa shape index (κ2) is 5.10. The van der Waals surface area contributed by atoms with Gasteiger partial charge in [-0.1, -0.05) is 0 Å². The Balaban J connectivity index is 3.36. The van der Waals surface area contributed by atoms with E-state index in [2.05, 4.69) is 4.74 Å². The summed E-state index contributed by atoms with van der Waals surface area (Å²) in [5.41, 5.74) is -4.33. The van der Waals surface area contributed by atoms with Crippen LogP contribution in [0.4, 0.5) is 26.3 Å². The first-order valence-electron chi connectivity index (χ1n) is 5.03. The highest BCUT2D eigenvalue weighted by Crippen LogP contribution is 2.40. The molecule has 106 valence electrons. The highest BCUT2D eigenvalue weighted by atomic mass is 19.4. The predicted molar refractivity (Wildman–Crippen MR) is 52.4 cm³/mol. The van der Waals surface area contributed by atoms with Crippen LogP contribution in [0.15, 0.2) is 18.2 Å². The molecule has 0 aromatic heterocycles. The Labute approximate surface area is 104 Å². The molecule has 0 atom stereocenters. The zero-order chi connectivity index (χ0) is 14.8. The lowest BCUT2D eigenvalue weighted by atomic mass is 10.0. The number of rotatable bonds is 2. The number of hydrogen-bond acceptors (Lipinski definition) is 2. The van der Waals surface area contributed by atoms with E-state index in [0.29, 0.717) is 6.07 Å². The van der Waals surface area contributed by atoms with Gasteiger partial charge in [-0.15, -0.1) is 0 Å². The third kappa shape index (κ3) is 3.62. The molecule has 0 amide bonds. The maximum Gasteiger partial charge on any atom is 0.417 e. The quantitative estimate of drug-likeness (QED) is 0.609. The summed E-state index contributed by atoms with van der Waals surface area (Å²) in [5, 5.41) is 0. The van der Waals surface area contributed by atoms with Crippen LogP contribution in [-0.4, -0.2) is 12.6 Å². The van der Waals surface area contributed by atoms with Crippen LogP contribution in [0.5, 0.6) is 0 Å². The number of alkyl halides is 6. The summed E-state index contributed by atoms with van der Waals surface area (Å²) in [5.74, 6) is -1.11. The van der Waals surface area contributed by atoms with E-state index in [0.717, 1.165) is 0 Å². The minimum absolute atomic E-state index is 0.0960. The largest absolute Gasteiger partial charge is 0.462 e. The molecular weight excluding hydrogens is 278 g/mol. The molecule has 0 aliphatic heterocycles. The van der Waals surface area contributed by atoms with Crippen molar-refractivity contribution in [2.45, 2.75) is 19.3 Å². The van der Waals surface area contributed by atoms with Crippen molar-refractivity contribution in [1.29, 1.82) is 0 Å². The van der Waals surface area contributed by atoms with Crippen molar-refractivity contribution in [1.82, 2.24) is 0 Å². The summed E-state index contributed by atoms with van der Waals surface area (Å²) in [6.45, 7) is 1.33. The summed E-state index contributed by atoms with van der Waals surface area (Å²) >= 11 is 0. The molecule has 0 N–H and O–H groups in total. The Morgan fingerprint density at radius 1 is 1.05 bits per heavy atom. The Morgan fingerprint density at radius 2 is 1.58 bits per heavy atom. The molecule has 2 nitrogen and oxygen atoms in total. The monoisotopic (exact) mass is 286 g/mol. The van der Waals surface area contributed by atoms with Crippen LogP contribution in [0.25, 0.3) is 0 Å². The van der Waals surface area contributed by atoms with Crippen molar-refractivity contribution < 1.29 is 35.9 Å². The summed E-state index contributed by atoms with van der Waals surface area (Å²) in [6, 6.07) is 1.01. The minimum atomic E-state index is -5.21. The van der Waals surface area contributed by atoms with Gasteiger partial charge in [0.15, 0.2) is 0 Å². The van der Waals surface area contributed by atoms with Crippen LogP contribution in [0.2, 0.25) is 0 Å². The SMILES string of the molecule is CCOC(=O)c1ccc(C(F)(F)F)c(C(F)(F)F)c1. The van der Waals surface area contributed by atoms with Crippen LogP contribution in [0.3, 0.4) is 0 Å².